The minimum Gasteiger partial charge on any atom is -0.354 e. The first-order valence-corrected chi connectivity index (χ1v) is 10.8. The molecule has 1 aliphatic rings. The summed E-state index contributed by atoms with van der Waals surface area (Å²) in [5.41, 5.74) is 0.985. The van der Waals surface area contributed by atoms with Crippen molar-refractivity contribution in [2.75, 3.05) is 26.2 Å². The van der Waals surface area contributed by atoms with Gasteiger partial charge in [-0.25, -0.2) is 13.1 Å². The number of carbonyl (C=O) groups is 2. The molecule has 0 spiro atoms. The average Bonchev–Trinajstić information content (AvgIpc) is 2.64. The zero-order valence-electron chi connectivity index (χ0n) is 16.2. The minimum absolute atomic E-state index is 0.0679. The third kappa shape index (κ3) is 6.04. The van der Waals surface area contributed by atoms with Crippen molar-refractivity contribution in [2.45, 2.75) is 38.5 Å². The molecule has 0 aliphatic carbocycles. The molecule has 150 valence electrons. The molecule has 1 atom stereocenters. The minimum atomic E-state index is -3.58. The van der Waals surface area contributed by atoms with Crippen LogP contribution >= 0.6 is 0 Å². The normalized spacial score (nSPS) is 17.8. The summed E-state index contributed by atoms with van der Waals surface area (Å²) < 4.78 is 26.9. The molecule has 27 heavy (non-hydrogen) atoms. The molecule has 1 aliphatic heterocycles. The molecule has 1 aromatic carbocycles. The quantitative estimate of drug-likeness (QED) is 0.680. The van der Waals surface area contributed by atoms with Crippen LogP contribution < -0.4 is 10.0 Å². The molecule has 0 radical (unpaired) electrons. The van der Waals surface area contributed by atoms with Crippen molar-refractivity contribution in [3.05, 3.63) is 29.8 Å². The number of aryl methyl sites for hydroxylation is 1. The lowest BCUT2D eigenvalue weighted by Crippen LogP contribution is -2.47. The summed E-state index contributed by atoms with van der Waals surface area (Å²) in [5.74, 6) is -0.387. The molecule has 1 saturated heterocycles. The lowest BCUT2D eigenvalue weighted by Gasteiger charge is -2.33. The summed E-state index contributed by atoms with van der Waals surface area (Å²) in [5, 5.41) is 2.77. The summed E-state index contributed by atoms with van der Waals surface area (Å²) in [4.78, 5) is 26.4. The van der Waals surface area contributed by atoms with Crippen molar-refractivity contribution < 1.29 is 18.0 Å². The number of amides is 2. The maximum absolute atomic E-state index is 12.3. The summed E-state index contributed by atoms with van der Waals surface area (Å²) in [6, 6.07) is 6.59. The van der Waals surface area contributed by atoms with E-state index in [2.05, 4.69) is 10.0 Å². The Bertz CT molecular complexity index is 760. The van der Waals surface area contributed by atoms with Gasteiger partial charge in [-0.2, -0.15) is 0 Å². The van der Waals surface area contributed by atoms with Crippen LogP contribution in [0.15, 0.2) is 29.2 Å². The van der Waals surface area contributed by atoms with Crippen LogP contribution in [0.2, 0.25) is 0 Å². The SMILES string of the molecule is Cc1ccc(S(=O)(=O)NCCNC(=O)[C@@H]2CCCN(C(=O)C(C)C)C2)cc1. The number of sulfonamides is 1. The number of nitrogens with one attached hydrogen (secondary N) is 2. The molecule has 1 aromatic rings. The zero-order valence-corrected chi connectivity index (χ0v) is 17.0. The van der Waals surface area contributed by atoms with E-state index in [0.717, 1.165) is 18.4 Å². The molecule has 0 bridgehead atoms. The van der Waals surface area contributed by atoms with Gasteiger partial charge in [0.25, 0.3) is 0 Å². The summed E-state index contributed by atoms with van der Waals surface area (Å²) in [6.07, 6.45) is 1.54. The highest BCUT2D eigenvalue weighted by Gasteiger charge is 2.29. The molecule has 0 saturated carbocycles. The first-order chi connectivity index (χ1) is 12.7. The van der Waals surface area contributed by atoms with Gasteiger partial charge < -0.3 is 10.2 Å². The van der Waals surface area contributed by atoms with Crippen LogP contribution in [0.1, 0.15) is 32.3 Å². The third-order valence-corrected chi connectivity index (χ3v) is 6.12. The highest BCUT2D eigenvalue weighted by atomic mass is 32.2. The Kier molecular flexibility index (Phi) is 7.38. The predicted octanol–water partition coefficient (Wildman–Crippen LogP) is 1.28. The molecular weight excluding hydrogens is 366 g/mol. The molecule has 2 amide bonds. The average molecular weight is 396 g/mol. The Hall–Kier alpha value is -1.93. The molecule has 0 aromatic heterocycles. The van der Waals surface area contributed by atoms with Gasteiger partial charge in [0.2, 0.25) is 21.8 Å². The smallest absolute Gasteiger partial charge is 0.240 e. The molecule has 7 nitrogen and oxygen atoms in total. The standard InChI is InChI=1S/C19H29N3O4S/c1-14(2)19(24)22-12-4-5-16(13-22)18(23)20-10-11-21-27(25,26)17-8-6-15(3)7-9-17/h6-9,14,16,21H,4-5,10-13H2,1-3H3,(H,20,23)/t16-/m1/s1. The Morgan fingerprint density at radius 3 is 2.48 bits per heavy atom. The molecule has 1 heterocycles. The highest BCUT2D eigenvalue weighted by Crippen LogP contribution is 2.18. The Labute approximate surface area is 161 Å². The lowest BCUT2D eigenvalue weighted by molar-refractivity contribution is -0.138. The fourth-order valence-electron chi connectivity index (χ4n) is 3.07. The summed E-state index contributed by atoms with van der Waals surface area (Å²) in [6.45, 7) is 7.04. The van der Waals surface area contributed by atoms with Gasteiger partial charge in [0.15, 0.2) is 0 Å². The van der Waals surface area contributed by atoms with Crippen LogP contribution in [0.4, 0.5) is 0 Å². The number of benzene rings is 1. The van der Waals surface area contributed by atoms with Gasteiger partial charge in [-0.15, -0.1) is 0 Å². The van der Waals surface area contributed by atoms with Gasteiger partial charge in [-0.05, 0) is 31.9 Å². The van der Waals surface area contributed by atoms with Gasteiger partial charge >= 0.3 is 0 Å². The van der Waals surface area contributed by atoms with Crippen molar-refractivity contribution in [1.29, 1.82) is 0 Å². The van der Waals surface area contributed by atoms with Crippen LogP contribution in [-0.4, -0.2) is 51.3 Å². The van der Waals surface area contributed by atoms with Crippen molar-refractivity contribution in [1.82, 2.24) is 14.9 Å². The van der Waals surface area contributed by atoms with Gasteiger partial charge in [0.1, 0.15) is 0 Å². The predicted molar refractivity (Wildman–Crippen MR) is 104 cm³/mol. The molecular formula is C19H29N3O4S. The second-order valence-electron chi connectivity index (χ2n) is 7.28. The first kappa shape index (κ1) is 21.4. The van der Waals surface area contributed by atoms with Crippen LogP contribution in [0.5, 0.6) is 0 Å². The maximum atomic E-state index is 12.3. The van der Waals surface area contributed by atoms with Gasteiger partial charge in [0.05, 0.1) is 10.8 Å². The summed E-state index contributed by atoms with van der Waals surface area (Å²) in [7, 11) is -3.58. The number of nitrogens with zero attached hydrogens (tertiary/aromatic N) is 1. The topological polar surface area (TPSA) is 95.6 Å². The second kappa shape index (κ2) is 9.32. The van der Waals surface area contributed by atoms with E-state index in [1.54, 1.807) is 29.2 Å². The van der Waals surface area contributed by atoms with E-state index in [9.17, 15) is 18.0 Å². The van der Waals surface area contributed by atoms with Crippen molar-refractivity contribution in [2.24, 2.45) is 11.8 Å². The number of hydrogen-bond donors (Lipinski definition) is 2. The number of hydrogen-bond acceptors (Lipinski definition) is 4. The van der Waals surface area contributed by atoms with E-state index in [-0.39, 0.29) is 41.6 Å². The number of likely N-dealkylation sites (tertiary alicyclic amines) is 1. The summed E-state index contributed by atoms with van der Waals surface area (Å²) >= 11 is 0. The molecule has 1 fully saturated rings. The first-order valence-electron chi connectivity index (χ1n) is 9.33. The molecule has 0 unspecified atom stereocenters. The molecule has 2 rings (SSSR count). The van der Waals surface area contributed by atoms with E-state index in [0.29, 0.717) is 13.1 Å². The number of carbonyl (C=O) groups excluding carboxylic acids is 2. The van der Waals surface area contributed by atoms with E-state index in [1.807, 2.05) is 20.8 Å². The van der Waals surface area contributed by atoms with Crippen LogP contribution in [0.25, 0.3) is 0 Å². The van der Waals surface area contributed by atoms with Crippen LogP contribution in [0.3, 0.4) is 0 Å². The number of rotatable bonds is 7. The Morgan fingerprint density at radius 1 is 1.19 bits per heavy atom. The van der Waals surface area contributed by atoms with Crippen molar-refractivity contribution in [3.8, 4) is 0 Å². The largest absolute Gasteiger partial charge is 0.354 e. The van der Waals surface area contributed by atoms with Gasteiger partial charge in [0, 0.05) is 32.1 Å². The van der Waals surface area contributed by atoms with Gasteiger partial charge in [-0.3, -0.25) is 9.59 Å². The molecule has 2 N–H and O–H groups in total. The van der Waals surface area contributed by atoms with E-state index < -0.39 is 10.0 Å². The van der Waals surface area contributed by atoms with Crippen LogP contribution in [-0.2, 0) is 19.6 Å². The second-order valence-corrected chi connectivity index (χ2v) is 9.05. The molecule has 8 heteroatoms. The highest BCUT2D eigenvalue weighted by molar-refractivity contribution is 7.89. The van der Waals surface area contributed by atoms with Crippen molar-refractivity contribution in [3.63, 3.8) is 0 Å². The van der Waals surface area contributed by atoms with E-state index >= 15 is 0 Å². The maximum Gasteiger partial charge on any atom is 0.240 e. The fraction of sp³-hybridized carbons (Fsp3) is 0.579. The monoisotopic (exact) mass is 395 g/mol. The third-order valence-electron chi connectivity index (χ3n) is 4.65. The Balaban J connectivity index is 1.78. The van der Waals surface area contributed by atoms with Crippen LogP contribution in [0, 0.1) is 18.8 Å². The fourth-order valence-corrected chi connectivity index (χ4v) is 4.10. The van der Waals surface area contributed by atoms with Crippen molar-refractivity contribution >= 4 is 21.8 Å². The van der Waals surface area contributed by atoms with E-state index in [1.165, 1.54) is 0 Å². The van der Waals surface area contributed by atoms with E-state index in [4.69, 9.17) is 0 Å². The Morgan fingerprint density at radius 2 is 1.85 bits per heavy atom. The van der Waals surface area contributed by atoms with Gasteiger partial charge in [-0.1, -0.05) is 31.5 Å². The zero-order chi connectivity index (χ0) is 20.0. The number of piperidine rings is 1. The lowest BCUT2D eigenvalue weighted by atomic mass is 9.96.